The van der Waals surface area contributed by atoms with E-state index in [1.807, 2.05) is 48.5 Å². The summed E-state index contributed by atoms with van der Waals surface area (Å²) in [7, 11) is 0. The Morgan fingerprint density at radius 2 is 1.35 bits per heavy atom. The van der Waals surface area contributed by atoms with Crippen molar-refractivity contribution in [3.8, 4) is 11.1 Å². The molecule has 186 valence electrons. The van der Waals surface area contributed by atoms with E-state index in [-0.39, 0.29) is 43.4 Å². The lowest BCUT2D eigenvalue weighted by molar-refractivity contribution is -0.179. The van der Waals surface area contributed by atoms with Crippen molar-refractivity contribution in [2.45, 2.75) is 12.0 Å². The van der Waals surface area contributed by atoms with Gasteiger partial charge >= 0.3 is 12.1 Å². The average molecular weight is 498 g/mol. The molecule has 1 aliphatic carbocycles. The fourth-order valence-electron chi connectivity index (χ4n) is 5.10. The fourth-order valence-corrected chi connectivity index (χ4v) is 5.10. The zero-order valence-corrected chi connectivity index (χ0v) is 19.7. The molecule has 3 aromatic rings. The number of morpholine rings is 1. The summed E-state index contributed by atoms with van der Waals surface area (Å²) in [5.74, 6) is -2.57. The number of nitrogens with zero attached hydrogens (tertiary/aromatic N) is 2. The van der Waals surface area contributed by atoms with Gasteiger partial charge in [-0.25, -0.2) is 9.59 Å². The number of hydrogen-bond donors (Lipinski definition) is 0. The number of hydrogen-bond acceptors (Lipinski definition) is 7. The van der Waals surface area contributed by atoms with Crippen LogP contribution < -0.4 is 0 Å². The number of fused-ring (bicyclic) bond motifs is 4. The van der Waals surface area contributed by atoms with Crippen molar-refractivity contribution in [1.29, 1.82) is 0 Å². The summed E-state index contributed by atoms with van der Waals surface area (Å²) in [6, 6.07) is 21.0. The van der Waals surface area contributed by atoms with Gasteiger partial charge in [-0.2, -0.15) is 0 Å². The number of imide groups is 1. The molecular formula is C28H22N2O7. The molecule has 1 atom stereocenters. The van der Waals surface area contributed by atoms with E-state index in [4.69, 9.17) is 14.3 Å². The highest BCUT2D eigenvalue weighted by Gasteiger charge is 2.43. The van der Waals surface area contributed by atoms with Crippen LogP contribution in [0.25, 0.3) is 11.1 Å². The van der Waals surface area contributed by atoms with Gasteiger partial charge in [0.25, 0.3) is 11.8 Å². The molecule has 0 spiro atoms. The van der Waals surface area contributed by atoms with Crippen LogP contribution in [-0.4, -0.2) is 66.2 Å². The van der Waals surface area contributed by atoms with Crippen LogP contribution in [-0.2, 0) is 19.1 Å². The first kappa shape index (κ1) is 22.9. The van der Waals surface area contributed by atoms with Gasteiger partial charge in [-0.1, -0.05) is 65.7 Å². The van der Waals surface area contributed by atoms with Crippen molar-refractivity contribution >= 4 is 23.9 Å². The molecule has 0 saturated carbocycles. The van der Waals surface area contributed by atoms with Crippen molar-refractivity contribution in [2.24, 2.45) is 0 Å². The third-order valence-electron chi connectivity index (χ3n) is 6.91. The van der Waals surface area contributed by atoms with Crippen LogP contribution in [0.3, 0.4) is 0 Å². The van der Waals surface area contributed by atoms with E-state index in [2.05, 4.69) is 0 Å². The zero-order valence-electron chi connectivity index (χ0n) is 19.7. The molecule has 1 fully saturated rings. The fraction of sp³-hybridized carbons (Fsp3) is 0.214. The van der Waals surface area contributed by atoms with Crippen molar-refractivity contribution in [3.05, 3.63) is 95.1 Å². The van der Waals surface area contributed by atoms with Crippen LogP contribution >= 0.6 is 0 Å². The van der Waals surface area contributed by atoms with Gasteiger partial charge in [0.1, 0.15) is 6.61 Å². The van der Waals surface area contributed by atoms with E-state index >= 15 is 0 Å². The maximum absolute atomic E-state index is 13.1. The molecule has 2 heterocycles. The molecule has 3 aliphatic rings. The van der Waals surface area contributed by atoms with E-state index in [9.17, 15) is 19.2 Å². The normalized spacial score (nSPS) is 18.3. The van der Waals surface area contributed by atoms with E-state index in [1.54, 1.807) is 12.1 Å². The SMILES string of the molecule is O=C(ON1C(=O)c2ccccc2C1=O)[C@H]1COCCN1C(=O)OCC1c2ccccc2-c2ccccc21. The minimum Gasteiger partial charge on any atom is -0.448 e. The number of carbonyl (C=O) groups is 4. The van der Waals surface area contributed by atoms with Gasteiger partial charge in [0.15, 0.2) is 6.04 Å². The number of ether oxygens (including phenoxy) is 2. The molecule has 0 unspecified atom stereocenters. The maximum Gasteiger partial charge on any atom is 0.410 e. The molecule has 9 heteroatoms. The summed E-state index contributed by atoms with van der Waals surface area (Å²) < 4.78 is 11.1. The first-order valence-electron chi connectivity index (χ1n) is 11.9. The molecule has 0 bridgehead atoms. The maximum atomic E-state index is 13.1. The highest BCUT2D eigenvalue weighted by atomic mass is 16.7. The standard InChI is InChI=1S/C28H22N2O7/c31-25-21-11-5-6-12-22(21)26(32)30(25)37-27(33)24-16-35-14-13-29(24)28(34)36-15-23-19-9-3-1-7-17(19)18-8-2-4-10-20(18)23/h1-12,23-24H,13-16H2/t24-/m1/s1. The predicted molar refractivity (Wildman–Crippen MR) is 129 cm³/mol. The molecule has 37 heavy (non-hydrogen) atoms. The highest BCUT2D eigenvalue weighted by Crippen LogP contribution is 2.44. The van der Waals surface area contributed by atoms with Crippen molar-refractivity contribution in [1.82, 2.24) is 9.96 Å². The molecule has 0 aromatic heterocycles. The Bertz CT molecular complexity index is 1350. The van der Waals surface area contributed by atoms with E-state index in [0.29, 0.717) is 5.06 Å². The van der Waals surface area contributed by atoms with Gasteiger partial charge in [-0.15, -0.1) is 0 Å². The summed E-state index contributed by atoms with van der Waals surface area (Å²) in [5.41, 5.74) is 4.64. The minimum atomic E-state index is -1.17. The smallest absolute Gasteiger partial charge is 0.410 e. The van der Waals surface area contributed by atoms with E-state index in [1.165, 1.54) is 17.0 Å². The Morgan fingerprint density at radius 3 is 1.95 bits per heavy atom. The lowest BCUT2D eigenvalue weighted by atomic mass is 9.98. The van der Waals surface area contributed by atoms with Gasteiger partial charge in [0.05, 0.1) is 24.3 Å². The zero-order chi connectivity index (χ0) is 25.5. The van der Waals surface area contributed by atoms with Crippen LogP contribution in [0.1, 0.15) is 37.8 Å². The summed E-state index contributed by atoms with van der Waals surface area (Å²) in [6.07, 6.45) is -0.700. The monoisotopic (exact) mass is 498 g/mol. The topological polar surface area (TPSA) is 102 Å². The quantitative estimate of drug-likeness (QED) is 0.508. The first-order chi connectivity index (χ1) is 18.0. The van der Waals surface area contributed by atoms with Crippen LogP contribution in [0.5, 0.6) is 0 Å². The third-order valence-corrected chi connectivity index (χ3v) is 6.91. The van der Waals surface area contributed by atoms with Crippen LogP contribution in [0.4, 0.5) is 4.79 Å². The van der Waals surface area contributed by atoms with Gasteiger partial charge in [0, 0.05) is 12.5 Å². The second-order valence-corrected chi connectivity index (χ2v) is 8.95. The van der Waals surface area contributed by atoms with Crippen molar-refractivity contribution < 1.29 is 33.5 Å². The average Bonchev–Trinajstić information content (AvgIpc) is 3.39. The predicted octanol–water partition coefficient (Wildman–Crippen LogP) is 3.39. The summed E-state index contributed by atoms with van der Waals surface area (Å²) in [6.45, 7) is 0.246. The highest BCUT2D eigenvalue weighted by molar-refractivity contribution is 6.21. The third kappa shape index (κ3) is 3.84. The molecule has 1 saturated heterocycles. The number of hydroxylamine groups is 2. The Labute approximate surface area is 212 Å². The van der Waals surface area contributed by atoms with Gasteiger partial charge in [0.2, 0.25) is 0 Å². The Morgan fingerprint density at radius 1 is 0.811 bits per heavy atom. The number of carbonyl (C=O) groups excluding carboxylic acids is 4. The van der Waals surface area contributed by atoms with Gasteiger partial charge < -0.3 is 14.3 Å². The van der Waals surface area contributed by atoms with Crippen molar-refractivity contribution in [3.63, 3.8) is 0 Å². The summed E-state index contributed by atoms with van der Waals surface area (Å²) in [4.78, 5) is 57.7. The molecule has 2 aliphatic heterocycles. The van der Waals surface area contributed by atoms with Crippen LogP contribution in [0.15, 0.2) is 72.8 Å². The summed E-state index contributed by atoms with van der Waals surface area (Å²) in [5, 5.41) is 0.428. The number of rotatable bonds is 4. The van der Waals surface area contributed by atoms with Crippen LogP contribution in [0, 0.1) is 0 Å². The Hall–Kier alpha value is -4.50. The summed E-state index contributed by atoms with van der Waals surface area (Å²) >= 11 is 0. The second kappa shape index (κ2) is 9.18. The molecule has 9 nitrogen and oxygen atoms in total. The molecule has 0 N–H and O–H groups in total. The van der Waals surface area contributed by atoms with Crippen LogP contribution in [0.2, 0.25) is 0 Å². The molecule has 3 aromatic carbocycles. The number of amides is 3. The molecule has 3 amide bonds. The minimum absolute atomic E-state index is 0.0877. The second-order valence-electron chi connectivity index (χ2n) is 8.95. The van der Waals surface area contributed by atoms with E-state index in [0.717, 1.165) is 22.3 Å². The Balaban J connectivity index is 1.16. The first-order valence-corrected chi connectivity index (χ1v) is 11.9. The Kier molecular flexibility index (Phi) is 5.69. The molecule has 6 rings (SSSR count). The lowest BCUT2D eigenvalue weighted by Crippen LogP contribution is -2.54. The van der Waals surface area contributed by atoms with Gasteiger partial charge in [-0.3, -0.25) is 14.5 Å². The van der Waals surface area contributed by atoms with Crippen molar-refractivity contribution in [2.75, 3.05) is 26.4 Å². The largest absolute Gasteiger partial charge is 0.448 e. The van der Waals surface area contributed by atoms with E-state index < -0.39 is 29.9 Å². The lowest BCUT2D eigenvalue weighted by Gasteiger charge is -2.33. The molecule has 0 radical (unpaired) electrons. The van der Waals surface area contributed by atoms with Gasteiger partial charge in [-0.05, 0) is 34.4 Å². The molecular weight excluding hydrogens is 476 g/mol. The number of benzene rings is 3.